The summed E-state index contributed by atoms with van der Waals surface area (Å²) in [4.78, 5) is 24.7. The first-order valence-corrected chi connectivity index (χ1v) is 13.1. The van der Waals surface area contributed by atoms with Crippen molar-refractivity contribution in [2.24, 2.45) is 0 Å². The first kappa shape index (κ1) is 30.2. The molecule has 1 aliphatic rings. The van der Waals surface area contributed by atoms with Crippen molar-refractivity contribution < 1.29 is 29.3 Å². The predicted molar refractivity (Wildman–Crippen MR) is 155 cm³/mol. The van der Waals surface area contributed by atoms with Gasteiger partial charge in [0.15, 0.2) is 5.75 Å². The first-order valence-electron chi connectivity index (χ1n) is 12.7. The number of nitriles is 2. The highest BCUT2D eigenvalue weighted by atomic mass is 35.5. The van der Waals surface area contributed by atoms with E-state index in [0.29, 0.717) is 50.4 Å². The van der Waals surface area contributed by atoms with Crippen molar-refractivity contribution in [2.75, 3.05) is 12.0 Å². The highest BCUT2D eigenvalue weighted by Crippen LogP contribution is 2.41. The van der Waals surface area contributed by atoms with Gasteiger partial charge < -0.3 is 34.2 Å². The summed E-state index contributed by atoms with van der Waals surface area (Å²) in [6, 6.07) is 19.9. The van der Waals surface area contributed by atoms with E-state index in [1.807, 2.05) is 0 Å². The molecular formula is C33H22ClN3O6-2. The van der Waals surface area contributed by atoms with Crippen molar-refractivity contribution in [3.63, 3.8) is 0 Å². The second-order valence-electron chi connectivity index (χ2n) is 9.22. The molecule has 1 aliphatic heterocycles. The number of rotatable bonds is 9. The van der Waals surface area contributed by atoms with Crippen LogP contribution in [0.5, 0.6) is 11.5 Å². The zero-order valence-electron chi connectivity index (χ0n) is 23.0. The lowest BCUT2D eigenvalue weighted by Gasteiger charge is -2.20. The van der Waals surface area contributed by atoms with Crippen molar-refractivity contribution >= 4 is 34.8 Å². The maximum atomic E-state index is 11.5. The number of fused-ring (bicyclic) bond motifs is 1. The molecule has 0 spiro atoms. The molecule has 0 saturated carbocycles. The number of ether oxygens (including phenoxy) is 2. The molecule has 1 heterocycles. The summed E-state index contributed by atoms with van der Waals surface area (Å²) in [5.74, 6) is -1.68. The van der Waals surface area contributed by atoms with E-state index in [1.165, 1.54) is 19.2 Å². The normalized spacial score (nSPS) is 14.0. The second kappa shape index (κ2) is 13.3. The molecule has 0 fully saturated rings. The molecule has 3 aromatic rings. The summed E-state index contributed by atoms with van der Waals surface area (Å²) in [5.41, 5.74) is 1.99. The summed E-state index contributed by atoms with van der Waals surface area (Å²) in [6.07, 6.45) is 6.42. The van der Waals surface area contributed by atoms with Gasteiger partial charge in [-0.25, -0.2) is 0 Å². The number of carbonyl (C=O) groups is 2. The summed E-state index contributed by atoms with van der Waals surface area (Å²) in [6.45, 7) is 1.65. The molecule has 214 valence electrons. The SMILES string of the molecule is COc1cccc(C(/C(C#N)=C/C=C/C=C2\Oc3ccc(Cl)cc3N2Cc2cc(C(=O)[O-])cc(C(=O)[O-])c2)=C(\C)C#N)c1. The van der Waals surface area contributed by atoms with Gasteiger partial charge in [-0.3, -0.25) is 0 Å². The van der Waals surface area contributed by atoms with E-state index in [0.717, 1.165) is 6.07 Å². The predicted octanol–water partition coefficient (Wildman–Crippen LogP) is 4.32. The second-order valence-corrected chi connectivity index (χ2v) is 9.66. The van der Waals surface area contributed by atoms with Gasteiger partial charge in [-0.1, -0.05) is 35.9 Å². The number of carboxylic acid groups (broad SMARTS) is 2. The van der Waals surface area contributed by atoms with E-state index in [1.54, 1.807) is 78.6 Å². The largest absolute Gasteiger partial charge is 0.545 e. The smallest absolute Gasteiger partial charge is 0.200 e. The van der Waals surface area contributed by atoms with E-state index in [4.69, 9.17) is 21.1 Å². The number of carbonyl (C=O) groups excluding carboxylic acids is 2. The average molecular weight is 592 g/mol. The van der Waals surface area contributed by atoms with Crippen LogP contribution in [0.4, 0.5) is 5.69 Å². The van der Waals surface area contributed by atoms with Crippen LogP contribution in [0.1, 0.15) is 38.8 Å². The van der Waals surface area contributed by atoms with Crippen LogP contribution in [0.25, 0.3) is 5.57 Å². The zero-order valence-corrected chi connectivity index (χ0v) is 23.7. The lowest BCUT2D eigenvalue weighted by Crippen LogP contribution is -2.27. The average Bonchev–Trinajstić information content (AvgIpc) is 3.33. The Labute approximate surface area is 252 Å². The number of benzene rings is 3. The molecular weight excluding hydrogens is 570 g/mol. The Balaban J connectivity index is 1.71. The van der Waals surface area contributed by atoms with Gasteiger partial charge in [0.1, 0.15) is 5.75 Å². The molecule has 0 unspecified atom stereocenters. The van der Waals surface area contributed by atoms with Crippen molar-refractivity contribution in [1.82, 2.24) is 0 Å². The van der Waals surface area contributed by atoms with E-state index in [2.05, 4.69) is 12.1 Å². The van der Waals surface area contributed by atoms with Crippen LogP contribution in [0, 0.1) is 22.7 Å². The van der Waals surface area contributed by atoms with Gasteiger partial charge in [-0.15, -0.1) is 0 Å². The minimum Gasteiger partial charge on any atom is -0.545 e. The molecule has 0 atom stereocenters. The fraction of sp³-hybridized carbons (Fsp3) is 0.0909. The van der Waals surface area contributed by atoms with Gasteiger partial charge in [0, 0.05) is 16.2 Å². The number of hydrogen-bond donors (Lipinski definition) is 0. The van der Waals surface area contributed by atoms with Crippen molar-refractivity contribution in [2.45, 2.75) is 13.5 Å². The molecule has 43 heavy (non-hydrogen) atoms. The van der Waals surface area contributed by atoms with E-state index in [9.17, 15) is 30.3 Å². The molecule has 3 aromatic carbocycles. The Morgan fingerprint density at radius 3 is 2.33 bits per heavy atom. The van der Waals surface area contributed by atoms with Crippen LogP contribution >= 0.6 is 11.6 Å². The Morgan fingerprint density at radius 1 is 0.977 bits per heavy atom. The minimum absolute atomic E-state index is 0.0256. The number of anilines is 1. The molecule has 0 saturated heterocycles. The third-order valence-electron chi connectivity index (χ3n) is 6.40. The quantitative estimate of drug-likeness (QED) is 0.262. The van der Waals surface area contributed by atoms with Gasteiger partial charge in [-0.05, 0) is 89.9 Å². The van der Waals surface area contributed by atoms with Crippen molar-refractivity contribution in [3.05, 3.63) is 129 Å². The van der Waals surface area contributed by atoms with Gasteiger partial charge in [-0.2, -0.15) is 10.5 Å². The number of carboxylic acids is 2. The van der Waals surface area contributed by atoms with Crippen LogP contribution < -0.4 is 24.6 Å². The zero-order chi connectivity index (χ0) is 31.1. The number of nitrogens with zero attached hydrogens (tertiary/aromatic N) is 3. The van der Waals surface area contributed by atoms with Gasteiger partial charge >= 0.3 is 0 Å². The molecule has 0 aromatic heterocycles. The summed E-state index contributed by atoms with van der Waals surface area (Å²) < 4.78 is 11.3. The number of halogens is 1. The third-order valence-corrected chi connectivity index (χ3v) is 6.64. The van der Waals surface area contributed by atoms with Crippen LogP contribution in [0.15, 0.2) is 102 Å². The Kier molecular flexibility index (Phi) is 9.31. The highest BCUT2D eigenvalue weighted by molar-refractivity contribution is 6.31. The summed E-state index contributed by atoms with van der Waals surface area (Å²) in [7, 11) is 1.53. The standard InChI is InChI=1S/C33H24ClN3O6/c1-20(17-35)31(22-7-5-8-27(15-22)42-2)23(18-36)6-3-4-9-30-37(28-16-26(34)10-11-29(28)43-30)19-21-12-24(32(38)39)14-25(13-21)33(40)41/h3-16H,19H2,1-2H3,(H,38,39)(H,40,41)/p-2/b4-3+,23-6+,30-9-,31-20-. The molecule has 0 amide bonds. The fourth-order valence-corrected chi connectivity index (χ4v) is 4.60. The fourth-order valence-electron chi connectivity index (χ4n) is 4.44. The molecule has 0 N–H and O–H groups in total. The first-order chi connectivity index (χ1) is 20.6. The molecule has 10 heteroatoms. The maximum absolute atomic E-state index is 11.5. The van der Waals surface area contributed by atoms with Gasteiger partial charge in [0.2, 0.25) is 5.88 Å². The third kappa shape index (κ3) is 6.94. The van der Waals surface area contributed by atoms with Crippen LogP contribution in [-0.4, -0.2) is 19.0 Å². The summed E-state index contributed by atoms with van der Waals surface area (Å²) in [5, 5.41) is 43.0. The van der Waals surface area contributed by atoms with Gasteiger partial charge in [0.25, 0.3) is 0 Å². The van der Waals surface area contributed by atoms with E-state index in [-0.39, 0.29) is 23.2 Å². The monoisotopic (exact) mass is 591 g/mol. The molecule has 0 radical (unpaired) electrons. The Morgan fingerprint density at radius 2 is 1.70 bits per heavy atom. The number of allylic oxidation sites excluding steroid dienone is 7. The molecule has 0 aliphatic carbocycles. The van der Waals surface area contributed by atoms with Crippen LogP contribution in [0.2, 0.25) is 5.02 Å². The minimum atomic E-state index is -1.53. The molecule has 4 rings (SSSR count). The highest BCUT2D eigenvalue weighted by Gasteiger charge is 2.26. The maximum Gasteiger partial charge on any atom is 0.200 e. The lowest BCUT2D eigenvalue weighted by molar-refractivity contribution is -0.255. The Bertz CT molecular complexity index is 1790. The molecule has 9 nitrogen and oxygen atoms in total. The number of methoxy groups -OCH3 is 1. The van der Waals surface area contributed by atoms with Crippen molar-refractivity contribution in [1.29, 1.82) is 10.5 Å². The van der Waals surface area contributed by atoms with Gasteiger partial charge in [0.05, 0.1) is 49.0 Å². The molecule has 0 bridgehead atoms. The van der Waals surface area contributed by atoms with Crippen molar-refractivity contribution in [3.8, 4) is 23.6 Å². The number of aromatic carboxylic acids is 2. The number of hydrogen-bond acceptors (Lipinski definition) is 9. The summed E-state index contributed by atoms with van der Waals surface area (Å²) >= 11 is 6.23. The topological polar surface area (TPSA) is 150 Å². The lowest BCUT2D eigenvalue weighted by atomic mass is 9.94. The van der Waals surface area contributed by atoms with E-state index >= 15 is 0 Å². The van der Waals surface area contributed by atoms with Crippen LogP contribution in [0.3, 0.4) is 0 Å². The van der Waals surface area contributed by atoms with Crippen LogP contribution in [-0.2, 0) is 6.54 Å². The van der Waals surface area contributed by atoms with E-state index < -0.39 is 11.9 Å². The Hall–Kier alpha value is -5.77.